The van der Waals surface area contributed by atoms with Gasteiger partial charge in [0, 0.05) is 17.4 Å². The Morgan fingerprint density at radius 2 is 0.533 bits per heavy atom. The van der Waals surface area contributed by atoms with Gasteiger partial charge in [-0.25, -0.2) is 0 Å². The van der Waals surface area contributed by atoms with Crippen molar-refractivity contribution >= 4 is 57.8 Å². The van der Waals surface area contributed by atoms with Crippen molar-refractivity contribution in [3.05, 3.63) is 91.0 Å². The maximum atomic E-state index is 8.00. The van der Waals surface area contributed by atoms with E-state index in [2.05, 4.69) is 91.0 Å². The van der Waals surface area contributed by atoms with Gasteiger partial charge in [-0.2, -0.15) is 0 Å². The standard InChI is InChI=1S/C18H15P.5CH2O.Cr/c1-4-10-16(11-5-1)19(17-12-6-2-7-13-17)18-14-8-3-9-15-18;5*1-2;/h1-15H;5*1H2;. The van der Waals surface area contributed by atoms with Crippen LogP contribution >= 0.6 is 7.92 Å². The summed E-state index contributed by atoms with van der Waals surface area (Å²) < 4.78 is 0. The maximum absolute atomic E-state index is 8.00. The normalized spacial score (nSPS) is 7.37. The first-order chi connectivity index (χ1) is 14.4. The van der Waals surface area contributed by atoms with Crippen LogP contribution in [0.1, 0.15) is 0 Å². The Morgan fingerprint density at radius 1 is 0.367 bits per heavy atom. The molecule has 3 aromatic rings. The first-order valence-electron chi connectivity index (χ1n) is 7.85. The molecular formula is C23H25CrO5P. The van der Waals surface area contributed by atoms with Gasteiger partial charge in [-0.3, -0.25) is 0 Å². The van der Waals surface area contributed by atoms with Crippen molar-refractivity contribution in [1.29, 1.82) is 0 Å². The molecular weight excluding hydrogens is 439 g/mol. The molecule has 0 heterocycles. The van der Waals surface area contributed by atoms with Gasteiger partial charge in [0.15, 0.2) is 0 Å². The molecule has 158 valence electrons. The molecule has 3 aromatic carbocycles. The smallest absolute Gasteiger partial charge is 0.106 e. The van der Waals surface area contributed by atoms with Gasteiger partial charge in [0.2, 0.25) is 0 Å². The molecule has 7 heteroatoms. The minimum Gasteiger partial charge on any atom is -0.307 e. The zero-order valence-electron chi connectivity index (χ0n) is 16.6. The van der Waals surface area contributed by atoms with Crippen molar-refractivity contribution in [2.45, 2.75) is 0 Å². The summed E-state index contributed by atoms with van der Waals surface area (Å²) in [7, 11) is -0.446. The van der Waals surface area contributed by atoms with Gasteiger partial charge in [-0.1, -0.05) is 91.0 Å². The molecule has 0 saturated carbocycles. The van der Waals surface area contributed by atoms with E-state index < -0.39 is 7.92 Å². The maximum Gasteiger partial charge on any atom is 0.106 e. The topological polar surface area (TPSA) is 85.3 Å². The Balaban J connectivity index is -0.000000271. The number of carbonyl (C=O) groups is 5. The minimum atomic E-state index is -0.446. The predicted molar refractivity (Wildman–Crippen MR) is 121 cm³/mol. The molecule has 0 aromatic heterocycles. The summed E-state index contributed by atoms with van der Waals surface area (Å²) in [6.45, 7) is 10.0. The Hall–Kier alpha value is -3.03. The average molecular weight is 464 g/mol. The van der Waals surface area contributed by atoms with E-state index in [1.165, 1.54) is 15.9 Å². The van der Waals surface area contributed by atoms with Gasteiger partial charge in [-0.05, 0) is 23.8 Å². The van der Waals surface area contributed by atoms with E-state index in [0.717, 1.165) is 0 Å². The predicted octanol–water partition coefficient (Wildman–Crippen LogP) is 2.52. The van der Waals surface area contributed by atoms with Crippen LogP contribution in [0.2, 0.25) is 0 Å². The molecule has 0 spiro atoms. The zero-order valence-corrected chi connectivity index (χ0v) is 18.8. The van der Waals surface area contributed by atoms with Gasteiger partial charge in [0.25, 0.3) is 0 Å². The number of hydrogen-bond acceptors (Lipinski definition) is 5. The van der Waals surface area contributed by atoms with E-state index >= 15 is 0 Å². The van der Waals surface area contributed by atoms with Gasteiger partial charge >= 0.3 is 0 Å². The minimum absolute atomic E-state index is 0. The van der Waals surface area contributed by atoms with Crippen molar-refractivity contribution in [2.75, 3.05) is 0 Å². The van der Waals surface area contributed by atoms with Crippen LogP contribution in [-0.4, -0.2) is 33.9 Å². The van der Waals surface area contributed by atoms with Crippen molar-refractivity contribution in [3.63, 3.8) is 0 Å². The van der Waals surface area contributed by atoms with Gasteiger partial charge < -0.3 is 24.0 Å². The first-order valence-corrected chi connectivity index (χ1v) is 9.19. The second kappa shape index (κ2) is 28.2. The molecule has 0 amide bonds. The number of hydrogen-bond donors (Lipinski definition) is 0. The van der Waals surface area contributed by atoms with Crippen LogP contribution in [0.3, 0.4) is 0 Å². The third kappa shape index (κ3) is 13.2. The summed E-state index contributed by atoms with van der Waals surface area (Å²) >= 11 is 0. The molecule has 0 saturated heterocycles. The Bertz CT molecular complexity index is 612. The van der Waals surface area contributed by atoms with Crippen molar-refractivity contribution in [3.8, 4) is 0 Å². The largest absolute Gasteiger partial charge is 0.307 e. The van der Waals surface area contributed by atoms with Crippen molar-refractivity contribution in [2.24, 2.45) is 0 Å². The van der Waals surface area contributed by atoms with E-state index in [9.17, 15) is 0 Å². The number of benzene rings is 3. The summed E-state index contributed by atoms with van der Waals surface area (Å²) in [4.78, 5) is 40.0. The van der Waals surface area contributed by atoms with Crippen LogP contribution < -0.4 is 15.9 Å². The summed E-state index contributed by atoms with van der Waals surface area (Å²) in [5.74, 6) is 0. The van der Waals surface area contributed by atoms with E-state index in [1.54, 1.807) is 0 Å². The fraction of sp³-hybridized carbons (Fsp3) is 0. The van der Waals surface area contributed by atoms with Crippen LogP contribution in [0.25, 0.3) is 0 Å². The molecule has 0 N–H and O–H groups in total. The van der Waals surface area contributed by atoms with E-state index in [4.69, 9.17) is 24.0 Å². The number of carbonyl (C=O) groups excluding carboxylic acids is 5. The second-order valence-electron chi connectivity index (χ2n) is 4.34. The summed E-state index contributed by atoms with van der Waals surface area (Å²) in [5.41, 5.74) is 0. The zero-order chi connectivity index (χ0) is 22.9. The number of rotatable bonds is 3. The Morgan fingerprint density at radius 3 is 0.700 bits per heavy atom. The fourth-order valence-corrected chi connectivity index (χ4v) is 4.48. The molecule has 5 nitrogen and oxygen atoms in total. The van der Waals surface area contributed by atoms with E-state index in [-0.39, 0.29) is 17.4 Å². The summed E-state index contributed by atoms with van der Waals surface area (Å²) in [6.07, 6.45) is 0. The molecule has 0 bridgehead atoms. The Labute approximate surface area is 190 Å². The average Bonchev–Trinajstić information content (AvgIpc) is 2.88. The Kier molecular flexibility index (Phi) is 32.4. The summed E-state index contributed by atoms with van der Waals surface area (Å²) in [6, 6.07) is 32.3. The second-order valence-corrected chi connectivity index (χ2v) is 6.56. The third-order valence-electron chi connectivity index (χ3n) is 3.04. The van der Waals surface area contributed by atoms with Crippen molar-refractivity contribution < 1.29 is 41.3 Å². The molecule has 0 aliphatic carbocycles. The van der Waals surface area contributed by atoms with Crippen molar-refractivity contribution in [1.82, 2.24) is 0 Å². The van der Waals surface area contributed by atoms with Crippen LogP contribution in [0.4, 0.5) is 0 Å². The molecule has 30 heavy (non-hydrogen) atoms. The van der Waals surface area contributed by atoms with Gasteiger partial charge in [0.1, 0.15) is 33.9 Å². The van der Waals surface area contributed by atoms with Crippen LogP contribution in [0.15, 0.2) is 91.0 Å². The quantitative estimate of drug-likeness (QED) is 0.556. The summed E-state index contributed by atoms with van der Waals surface area (Å²) in [5, 5.41) is 4.19. The molecule has 3 rings (SSSR count). The SMILES string of the molecule is C=O.C=O.C=O.C=O.C=O.[Cr].c1ccc(P(c2ccccc2)c2ccccc2)cc1. The van der Waals surface area contributed by atoms with Crippen LogP contribution in [-0.2, 0) is 41.3 Å². The monoisotopic (exact) mass is 464 g/mol. The molecule has 0 radical (unpaired) electrons. The molecule has 0 atom stereocenters. The third-order valence-corrected chi connectivity index (χ3v) is 5.49. The van der Waals surface area contributed by atoms with Crippen LogP contribution in [0.5, 0.6) is 0 Å². The molecule has 0 unspecified atom stereocenters. The first kappa shape index (κ1) is 34.5. The molecule has 0 aliphatic heterocycles. The van der Waals surface area contributed by atoms with E-state index in [0.29, 0.717) is 0 Å². The van der Waals surface area contributed by atoms with Gasteiger partial charge in [0.05, 0.1) is 0 Å². The van der Waals surface area contributed by atoms with Gasteiger partial charge in [-0.15, -0.1) is 0 Å². The van der Waals surface area contributed by atoms with Crippen LogP contribution in [0, 0.1) is 0 Å². The molecule has 0 fully saturated rings. The fourth-order valence-electron chi connectivity index (χ4n) is 2.18. The molecule has 0 aliphatic rings. The van der Waals surface area contributed by atoms with E-state index in [1.807, 2.05) is 33.9 Å².